The first kappa shape index (κ1) is 13.4. The monoisotopic (exact) mass is 259 g/mol. The van der Waals surface area contributed by atoms with Gasteiger partial charge in [0.25, 0.3) is 0 Å². The molecule has 0 aliphatic carbocycles. The Morgan fingerprint density at radius 1 is 1.11 bits per heavy atom. The van der Waals surface area contributed by atoms with Crippen LogP contribution in [-0.4, -0.2) is 5.11 Å². The third-order valence-electron chi connectivity index (χ3n) is 3.21. The summed E-state index contributed by atoms with van der Waals surface area (Å²) in [6, 6.07) is 10.2. The average Bonchev–Trinajstić information content (AvgIpc) is 2.32. The molecule has 1 unspecified atom stereocenters. The van der Waals surface area contributed by atoms with Crippen LogP contribution in [-0.2, 0) is 0 Å². The highest BCUT2D eigenvalue weighted by Crippen LogP contribution is 2.28. The standard InChI is InChI=1S/C16H18FNO/c1-10-4-6-14(16(19)8-10)12(3)18-15-7-5-13(17)9-11(15)2/h4-9,12,18-19H,1-3H3. The Morgan fingerprint density at radius 3 is 2.47 bits per heavy atom. The van der Waals surface area contributed by atoms with E-state index in [1.807, 2.05) is 32.9 Å². The molecule has 0 heterocycles. The first-order chi connectivity index (χ1) is 8.97. The van der Waals surface area contributed by atoms with Gasteiger partial charge >= 0.3 is 0 Å². The van der Waals surface area contributed by atoms with Gasteiger partial charge in [-0.15, -0.1) is 0 Å². The maximum Gasteiger partial charge on any atom is 0.123 e. The van der Waals surface area contributed by atoms with Gasteiger partial charge in [-0.2, -0.15) is 0 Å². The highest BCUT2D eigenvalue weighted by molar-refractivity contribution is 5.53. The van der Waals surface area contributed by atoms with Crippen molar-refractivity contribution in [3.8, 4) is 5.75 Å². The second-order valence-corrected chi connectivity index (χ2v) is 4.89. The van der Waals surface area contributed by atoms with Crippen molar-refractivity contribution in [3.63, 3.8) is 0 Å². The summed E-state index contributed by atoms with van der Waals surface area (Å²) in [4.78, 5) is 0. The van der Waals surface area contributed by atoms with Crippen molar-refractivity contribution >= 4 is 5.69 Å². The lowest BCUT2D eigenvalue weighted by Gasteiger charge is -2.18. The third-order valence-corrected chi connectivity index (χ3v) is 3.21. The fraction of sp³-hybridized carbons (Fsp3) is 0.250. The van der Waals surface area contributed by atoms with Gasteiger partial charge in [0.15, 0.2) is 0 Å². The number of halogens is 1. The molecule has 2 N–H and O–H groups in total. The number of rotatable bonds is 3. The van der Waals surface area contributed by atoms with Crippen LogP contribution in [0, 0.1) is 19.7 Å². The van der Waals surface area contributed by atoms with Crippen molar-refractivity contribution in [2.45, 2.75) is 26.8 Å². The molecule has 19 heavy (non-hydrogen) atoms. The molecular weight excluding hydrogens is 241 g/mol. The zero-order valence-corrected chi connectivity index (χ0v) is 11.4. The molecule has 0 radical (unpaired) electrons. The van der Waals surface area contributed by atoms with E-state index in [1.165, 1.54) is 12.1 Å². The Labute approximate surface area is 112 Å². The number of phenols is 1. The molecule has 0 saturated carbocycles. The summed E-state index contributed by atoms with van der Waals surface area (Å²) in [5, 5.41) is 13.2. The molecular formula is C16H18FNO. The van der Waals surface area contributed by atoms with E-state index in [2.05, 4.69) is 5.32 Å². The van der Waals surface area contributed by atoms with E-state index in [-0.39, 0.29) is 17.6 Å². The van der Waals surface area contributed by atoms with Crippen LogP contribution in [0.2, 0.25) is 0 Å². The van der Waals surface area contributed by atoms with E-state index >= 15 is 0 Å². The second-order valence-electron chi connectivity index (χ2n) is 4.89. The van der Waals surface area contributed by atoms with Gasteiger partial charge in [0, 0.05) is 11.3 Å². The molecule has 0 spiro atoms. The number of benzene rings is 2. The molecule has 0 bridgehead atoms. The summed E-state index contributed by atoms with van der Waals surface area (Å²) in [5.74, 6) is 0.0358. The second kappa shape index (κ2) is 5.31. The van der Waals surface area contributed by atoms with E-state index in [9.17, 15) is 9.50 Å². The molecule has 1 atom stereocenters. The molecule has 0 aromatic heterocycles. The molecule has 0 fully saturated rings. The van der Waals surface area contributed by atoms with Crippen molar-refractivity contribution in [3.05, 3.63) is 58.9 Å². The van der Waals surface area contributed by atoms with Crippen molar-refractivity contribution in [2.75, 3.05) is 5.32 Å². The normalized spacial score (nSPS) is 12.2. The molecule has 0 aliphatic rings. The molecule has 2 aromatic carbocycles. The maximum absolute atomic E-state index is 13.0. The summed E-state index contributed by atoms with van der Waals surface area (Å²) in [7, 11) is 0. The molecule has 0 amide bonds. The Hall–Kier alpha value is -2.03. The Morgan fingerprint density at radius 2 is 1.84 bits per heavy atom. The Bertz CT molecular complexity index is 595. The van der Waals surface area contributed by atoms with E-state index < -0.39 is 0 Å². The van der Waals surface area contributed by atoms with Crippen LogP contribution < -0.4 is 5.32 Å². The van der Waals surface area contributed by atoms with Gasteiger partial charge in [-0.3, -0.25) is 0 Å². The molecule has 100 valence electrons. The van der Waals surface area contributed by atoms with E-state index in [1.54, 1.807) is 12.1 Å². The first-order valence-corrected chi connectivity index (χ1v) is 6.29. The molecule has 3 heteroatoms. The van der Waals surface area contributed by atoms with Crippen molar-refractivity contribution < 1.29 is 9.50 Å². The number of nitrogens with one attached hydrogen (secondary N) is 1. The molecule has 2 nitrogen and oxygen atoms in total. The van der Waals surface area contributed by atoms with Crippen molar-refractivity contribution in [1.82, 2.24) is 0 Å². The van der Waals surface area contributed by atoms with Crippen molar-refractivity contribution in [1.29, 1.82) is 0 Å². The summed E-state index contributed by atoms with van der Waals surface area (Å²) >= 11 is 0. The number of hydrogen-bond acceptors (Lipinski definition) is 2. The van der Waals surface area contributed by atoms with E-state index in [0.717, 1.165) is 22.4 Å². The Kier molecular flexibility index (Phi) is 3.74. The fourth-order valence-corrected chi connectivity index (χ4v) is 2.12. The lowest BCUT2D eigenvalue weighted by Crippen LogP contribution is -2.08. The zero-order valence-electron chi connectivity index (χ0n) is 11.4. The average molecular weight is 259 g/mol. The zero-order chi connectivity index (χ0) is 14.0. The number of anilines is 1. The SMILES string of the molecule is Cc1ccc(C(C)Nc2ccc(F)cc2C)c(O)c1. The van der Waals surface area contributed by atoms with Gasteiger partial charge in [-0.1, -0.05) is 12.1 Å². The predicted octanol–water partition coefficient (Wildman–Crippen LogP) is 4.32. The lowest BCUT2D eigenvalue weighted by atomic mass is 10.0. The minimum absolute atomic E-state index is 0.0511. The number of aryl methyl sites for hydroxylation is 2. The third kappa shape index (κ3) is 3.05. The fourth-order valence-electron chi connectivity index (χ4n) is 2.12. The number of phenolic OH excluding ortho intramolecular Hbond substituents is 1. The lowest BCUT2D eigenvalue weighted by molar-refractivity contribution is 0.465. The van der Waals surface area contributed by atoms with Gasteiger partial charge in [0.05, 0.1) is 6.04 Å². The van der Waals surface area contributed by atoms with Gasteiger partial charge in [-0.25, -0.2) is 4.39 Å². The van der Waals surface area contributed by atoms with E-state index in [4.69, 9.17) is 0 Å². The minimum Gasteiger partial charge on any atom is -0.508 e. The summed E-state index contributed by atoms with van der Waals surface area (Å²) in [6.07, 6.45) is 0. The molecule has 2 aromatic rings. The Balaban J connectivity index is 2.23. The highest BCUT2D eigenvalue weighted by Gasteiger charge is 2.11. The van der Waals surface area contributed by atoms with E-state index in [0.29, 0.717) is 0 Å². The molecule has 2 rings (SSSR count). The van der Waals surface area contributed by atoms with Crippen molar-refractivity contribution in [2.24, 2.45) is 0 Å². The quantitative estimate of drug-likeness (QED) is 0.860. The number of hydrogen-bond donors (Lipinski definition) is 2. The number of aromatic hydroxyl groups is 1. The summed E-state index contributed by atoms with van der Waals surface area (Å²) in [6.45, 7) is 5.76. The minimum atomic E-state index is -0.242. The van der Waals surface area contributed by atoms with Crippen LogP contribution in [0.5, 0.6) is 5.75 Å². The largest absolute Gasteiger partial charge is 0.508 e. The summed E-state index contributed by atoms with van der Waals surface area (Å²) in [5.41, 5.74) is 3.56. The summed E-state index contributed by atoms with van der Waals surface area (Å²) < 4.78 is 13.0. The van der Waals surface area contributed by atoms with Gasteiger partial charge < -0.3 is 10.4 Å². The maximum atomic E-state index is 13.0. The highest BCUT2D eigenvalue weighted by atomic mass is 19.1. The van der Waals surface area contributed by atoms with Gasteiger partial charge in [-0.05, 0) is 56.2 Å². The van der Waals surface area contributed by atoms with Crippen LogP contribution in [0.4, 0.5) is 10.1 Å². The predicted molar refractivity (Wildman–Crippen MR) is 76.0 cm³/mol. The van der Waals surface area contributed by atoms with Crippen LogP contribution in [0.1, 0.15) is 29.7 Å². The topological polar surface area (TPSA) is 32.3 Å². The van der Waals surface area contributed by atoms with Crippen LogP contribution in [0.15, 0.2) is 36.4 Å². The van der Waals surface area contributed by atoms with Crippen LogP contribution in [0.3, 0.4) is 0 Å². The molecule has 0 saturated heterocycles. The van der Waals surface area contributed by atoms with Crippen LogP contribution in [0.25, 0.3) is 0 Å². The van der Waals surface area contributed by atoms with Gasteiger partial charge in [0.1, 0.15) is 11.6 Å². The smallest absolute Gasteiger partial charge is 0.123 e. The van der Waals surface area contributed by atoms with Gasteiger partial charge in [0.2, 0.25) is 0 Å². The molecule has 0 aliphatic heterocycles. The van der Waals surface area contributed by atoms with Crippen LogP contribution >= 0.6 is 0 Å². The first-order valence-electron chi connectivity index (χ1n) is 6.29.